The molecule has 0 bridgehead atoms. The average molecular weight is 241 g/mol. The van der Waals surface area contributed by atoms with Gasteiger partial charge in [-0.15, -0.1) is 0 Å². The van der Waals surface area contributed by atoms with Crippen LogP contribution in [0.5, 0.6) is 0 Å². The average Bonchev–Trinajstić information content (AvgIpc) is 2.55. The number of carboxylic acid groups (broad SMARTS) is 1. The van der Waals surface area contributed by atoms with Crippen LogP contribution in [0.3, 0.4) is 0 Å². The molecule has 0 saturated carbocycles. The standard InChI is InChI=1S/C11H13N3O2.Na/c1-8-13-9-7-12-5-4-10(9)14(8)6-2-3-11(15)16;/h4-5,7H,2-3,6H2,1H3,(H,15,16);/q;+1/p-1. The van der Waals surface area contributed by atoms with Crippen molar-refractivity contribution < 1.29 is 39.5 Å². The van der Waals surface area contributed by atoms with E-state index in [0.29, 0.717) is 13.0 Å². The Balaban J connectivity index is 0.00000144. The van der Waals surface area contributed by atoms with E-state index in [2.05, 4.69) is 9.97 Å². The first-order chi connectivity index (χ1) is 7.68. The number of rotatable bonds is 4. The number of imidazole rings is 1. The predicted octanol–water partition coefficient (Wildman–Crippen LogP) is -2.73. The number of pyridine rings is 1. The van der Waals surface area contributed by atoms with Gasteiger partial charge in [-0.2, -0.15) is 0 Å². The van der Waals surface area contributed by atoms with Crippen molar-refractivity contribution in [2.45, 2.75) is 26.3 Å². The Morgan fingerprint density at radius 1 is 1.53 bits per heavy atom. The van der Waals surface area contributed by atoms with Crippen molar-refractivity contribution in [2.75, 3.05) is 0 Å². The van der Waals surface area contributed by atoms with Crippen molar-refractivity contribution in [3.63, 3.8) is 0 Å². The van der Waals surface area contributed by atoms with Gasteiger partial charge in [0.2, 0.25) is 0 Å². The predicted molar refractivity (Wildman–Crippen MR) is 56.5 cm³/mol. The summed E-state index contributed by atoms with van der Waals surface area (Å²) < 4.78 is 2.00. The molecule has 2 rings (SSSR count). The molecule has 0 radical (unpaired) electrons. The van der Waals surface area contributed by atoms with Crippen LogP contribution in [0, 0.1) is 6.92 Å². The van der Waals surface area contributed by atoms with E-state index < -0.39 is 5.97 Å². The van der Waals surface area contributed by atoms with Gasteiger partial charge in [0, 0.05) is 18.7 Å². The summed E-state index contributed by atoms with van der Waals surface area (Å²) in [7, 11) is 0. The third kappa shape index (κ3) is 3.28. The minimum absolute atomic E-state index is 0. The van der Waals surface area contributed by atoms with E-state index in [9.17, 15) is 9.90 Å². The fourth-order valence-electron chi connectivity index (χ4n) is 1.77. The molecule has 0 N–H and O–H groups in total. The van der Waals surface area contributed by atoms with Crippen molar-refractivity contribution in [3.05, 3.63) is 24.3 Å². The Morgan fingerprint density at radius 3 is 3.00 bits per heavy atom. The summed E-state index contributed by atoms with van der Waals surface area (Å²) in [5.74, 6) is -0.134. The van der Waals surface area contributed by atoms with Crippen LogP contribution >= 0.6 is 0 Å². The Hall–Kier alpha value is -0.910. The van der Waals surface area contributed by atoms with Crippen LogP contribution in [0.15, 0.2) is 18.5 Å². The van der Waals surface area contributed by atoms with Gasteiger partial charge in [0.1, 0.15) is 11.3 Å². The second-order valence-corrected chi connectivity index (χ2v) is 3.65. The van der Waals surface area contributed by atoms with Gasteiger partial charge >= 0.3 is 29.6 Å². The summed E-state index contributed by atoms with van der Waals surface area (Å²) in [4.78, 5) is 18.7. The van der Waals surface area contributed by atoms with Gasteiger partial charge < -0.3 is 14.5 Å². The Bertz CT molecular complexity index is 524. The molecule has 2 aromatic heterocycles. The van der Waals surface area contributed by atoms with Crippen LogP contribution < -0.4 is 34.7 Å². The number of carbonyl (C=O) groups is 1. The monoisotopic (exact) mass is 241 g/mol. The Labute approximate surface area is 121 Å². The first-order valence-electron chi connectivity index (χ1n) is 5.15. The zero-order chi connectivity index (χ0) is 11.5. The molecule has 0 saturated heterocycles. The largest absolute Gasteiger partial charge is 1.00 e. The van der Waals surface area contributed by atoms with E-state index in [0.717, 1.165) is 16.9 Å². The van der Waals surface area contributed by atoms with Crippen LogP contribution in [-0.4, -0.2) is 20.5 Å². The zero-order valence-electron chi connectivity index (χ0n) is 10.0. The Morgan fingerprint density at radius 2 is 2.29 bits per heavy atom. The number of carboxylic acids is 1. The van der Waals surface area contributed by atoms with Crippen molar-refractivity contribution >= 4 is 17.0 Å². The summed E-state index contributed by atoms with van der Waals surface area (Å²) >= 11 is 0. The maximum Gasteiger partial charge on any atom is 1.00 e. The number of aliphatic carboxylic acids is 1. The van der Waals surface area contributed by atoms with Gasteiger partial charge in [-0.1, -0.05) is 0 Å². The van der Waals surface area contributed by atoms with Gasteiger partial charge in [-0.3, -0.25) is 4.98 Å². The molecule has 5 nitrogen and oxygen atoms in total. The van der Waals surface area contributed by atoms with E-state index in [1.165, 1.54) is 0 Å². The van der Waals surface area contributed by atoms with Crippen LogP contribution in [-0.2, 0) is 11.3 Å². The molecule has 84 valence electrons. The van der Waals surface area contributed by atoms with E-state index in [1.54, 1.807) is 12.4 Å². The smallest absolute Gasteiger partial charge is 0.550 e. The molecule has 0 fully saturated rings. The maximum atomic E-state index is 10.3. The van der Waals surface area contributed by atoms with Crippen LogP contribution in [0.25, 0.3) is 11.0 Å². The minimum Gasteiger partial charge on any atom is -0.550 e. The van der Waals surface area contributed by atoms with Crippen molar-refractivity contribution in [3.8, 4) is 0 Å². The van der Waals surface area contributed by atoms with Gasteiger partial charge in [0.15, 0.2) is 0 Å². The second-order valence-electron chi connectivity index (χ2n) is 3.65. The Kier molecular flexibility index (Phi) is 5.11. The maximum absolute atomic E-state index is 10.3. The van der Waals surface area contributed by atoms with Gasteiger partial charge in [-0.05, 0) is 25.8 Å². The molecule has 2 heterocycles. The van der Waals surface area contributed by atoms with Crippen molar-refractivity contribution in [2.24, 2.45) is 0 Å². The van der Waals surface area contributed by atoms with Crippen molar-refractivity contribution in [1.29, 1.82) is 0 Å². The van der Waals surface area contributed by atoms with Gasteiger partial charge in [0.05, 0.1) is 11.7 Å². The fraction of sp³-hybridized carbons (Fsp3) is 0.364. The third-order valence-electron chi connectivity index (χ3n) is 2.50. The van der Waals surface area contributed by atoms with Crippen LogP contribution in [0.2, 0.25) is 0 Å². The molecule has 6 heteroatoms. The molecule has 0 aliphatic heterocycles. The summed E-state index contributed by atoms with van der Waals surface area (Å²) in [5.41, 5.74) is 1.83. The normalized spacial score (nSPS) is 10.2. The summed E-state index contributed by atoms with van der Waals surface area (Å²) in [6, 6.07) is 1.88. The third-order valence-corrected chi connectivity index (χ3v) is 2.50. The number of fused-ring (bicyclic) bond motifs is 1. The molecule has 0 atom stereocenters. The number of aromatic nitrogens is 3. The van der Waals surface area contributed by atoms with Gasteiger partial charge in [-0.25, -0.2) is 4.98 Å². The first-order valence-corrected chi connectivity index (χ1v) is 5.15. The summed E-state index contributed by atoms with van der Waals surface area (Å²) in [5, 5.41) is 10.3. The minimum atomic E-state index is -1.01. The van der Waals surface area contributed by atoms with Crippen LogP contribution in [0.4, 0.5) is 0 Å². The summed E-state index contributed by atoms with van der Waals surface area (Å²) in [6.45, 7) is 2.54. The molecule has 0 aliphatic carbocycles. The number of hydrogen-bond acceptors (Lipinski definition) is 4. The van der Waals surface area contributed by atoms with Crippen molar-refractivity contribution in [1.82, 2.24) is 14.5 Å². The topological polar surface area (TPSA) is 70.8 Å². The molecule has 0 aromatic carbocycles. The molecular weight excluding hydrogens is 229 g/mol. The molecule has 17 heavy (non-hydrogen) atoms. The van der Waals surface area contributed by atoms with E-state index in [1.807, 2.05) is 17.6 Å². The van der Waals surface area contributed by atoms with E-state index >= 15 is 0 Å². The first kappa shape index (κ1) is 14.2. The molecule has 0 unspecified atom stereocenters. The quantitative estimate of drug-likeness (QED) is 0.545. The van der Waals surface area contributed by atoms with E-state index in [-0.39, 0.29) is 36.0 Å². The second kappa shape index (κ2) is 6.14. The molecule has 0 spiro atoms. The summed E-state index contributed by atoms with van der Waals surface area (Å²) in [6.07, 6.45) is 4.04. The molecule has 0 aliphatic rings. The number of aryl methyl sites for hydroxylation is 2. The number of nitrogens with zero attached hydrogens (tertiary/aromatic N) is 3. The molecule has 0 amide bonds. The number of carbonyl (C=O) groups excluding carboxylic acids is 1. The fourth-order valence-corrected chi connectivity index (χ4v) is 1.77. The zero-order valence-corrected chi connectivity index (χ0v) is 12.0. The number of hydrogen-bond donors (Lipinski definition) is 0. The molecule has 2 aromatic rings. The van der Waals surface area contributed by atoms with Crippen LogP contribution in [0.1, 0.15) is 18.7 Å². The van der Waals surface area contributed by atoms with E-state index in [4.69, 9.17) is 0 Å². The SMILES string of the molecule is Cc1nc2cnccc2n1CCCC(=O)[O-].[Na+]. The van der Waals surface area contributed by atoms with Gasteiger partial charge in [0.25, 0.3) is 0 Å². The molecular formula is C11H12N3NaO2.